The van der Waals surface area contributed by atoms with Crippen LogP contribution >= 0.6 is 0 Å². The summed E-state index contributed by atoms with van der Waals surface area (Å²) in [7, 11) is 0. The van der Waals surface area contributed by atoms with Gasteiger partial charge in [-0.2, -0.15) is 0 Å². The van der Waals surface area contributed by atoms with Gasteiger partial charge in [0.25, 0.3) is 0 Å². The van der Waals surface area contributed by atoms with Crippen molar-refractivity contribution in [1.82, 2.24) is 4.98 Å². The van der Waals surface area contributed by atoms with E-state index in [2.05, 4.69) is 19.1 Å². The molecule has 0 aromatic carbocycles. The van der Waals surface area contributed by atoms with Crippen molar-refractivity contribution < 1.29 is 0 Å². The van der Waals surface area contributed by atoms with Gasteiger partial charge in [0, 0.05) is 23.2 Å². The van der Waals surface area contributed by atoms with E-state index >= 15 is 0 Å². The summed E-state index contributed by atoms with van der Waals surface area (Å²) in [6, 6.07) is 4.53. The van der Waals surface area contributed by atoms with Crippen molar-refractivity contribution in [3.8, 4) is 0 Å². The molecule has 1 heteroatoms. The minimum atomic E-state index is 0.803. The lowest BCUT2D eigenvalue weighted by Gasteiger charge is -2.04. The molecule has 0 bridgehead atoms. The predicted molar refractivity (Wildman–Crippen MR) is 52.9 cm³/mol. The molecule has 2 fully saturated rings. The molecule has 0 unspecified atom stereocenters. The summed E-state index contributed by atoms with van der Waals surface area (Å²) in [6.07, 6.45) is 5.45. The first-order valence-electron chi connectivity index (χ1n) is 5.31. The zero-order valence-corrected chi connectivity index (χ0v) is 8.09. The van der Waals surface area contributed by atoms with Crippen LogP contribution in [0.2, 0.25) is 0 Å². The lowest BCUT2D eigenvalue weighted by atomic mass is 10.1. The first-order chi connectivity index (χ1) is 6.33. The van der Waals surface area contributed by atoms with Crippen LogP contribution in [0.1, 0.15) is 54.5 Å². The van der Waals surface area contributed by atoms with Crippen LogP contribution < -0.4 is 0 Å². The van der Waals surface area contributed by atoms with Crippen LogP contribution in [0.25, 0.3) is 0 Å². The minimum absolute atomic E-state index is 0.803. The van der Waals surface area contributed by atoms with Crippen LogP contribution in [0.4, 0.5) is 0 Å². The van der Waals surface area contributed by atoms with Gasteiger partial charge in [0.1, 0.15) is 0 Å². The quantitative estimate of drug-likeness (QED) is 0.669. The van der Waals surface area contributed by atoms with Crippen LogP contribution in [0.15, 0.2) is 12.1 Å². The molecule has 0 atom stereocenters. The van der Waals surface area contributed by atoms with Gasteiger partial charge >= 0.3 is 0 Å². The molecule has 0 amide bonds. The summed E-state index contributed by atoms with van der Waals surface area (Å²) in [5.74, 6) is 1.61. The molecule has 68 valence electrons. The summed E-state index contributed by atoms with van der Waals surface area (Å²) >= 11 is 0. The van der Waals surface area contributed by atoms with Gasteiger partial charge < -0.3 is 0 Å². The van der Waals surface area contributed by atoms with Gasteiger partial charge in [-0.15, -0.1) is 0 Å². The Bertz CT molecular complexity index is 305. The number of aromatic nitrogens is 1. The van der Waals surface area contributed by atoms with E-state index in [4.69, 9.17) is 4.98 Å². The monoisotopic (exact) mass is 173 g/mol. The van der Waals surface area contributed by atoms with Gasteiger partial charge in [0.15, 0.2) is 0 Å². The van der Waals surface area contributed by atoms with E-state index in [1.165, 1.54) is 42.6 Å². The molecule has 1 heterocycles. The molecule has 0 spiro atoms. The largest absolute Gasteiger partial charge is 0.257 e. The smallest absolute Gasteiger partial charge is 0.0440 e. The summed E-state index contributed by atoms with van der Waals surface area (Å²) in [5.41, 5.74) is 4.13. The molecule has 13 heavy (non-hydrogen) atoms. The van der Waals surface area contributed by atoms with E-state index in [1.807, 2.05) is 0 Å². The van der Waals surface area contributed by atoms with E-state index in [0.29, 0.717) is 0 Å². The number of pyridine rings is 1. The first kappa shape index (κ1) is 7.54. The van der Waals surface area contributed by atoms with Crippen molar-refractivity contribution in [2.24, 2.45) is 0 Å². The van der Waals surface area contributed by atoms with E-state index in [9.17, 15) is 0 Å². The number of nitrogens with zero attached hydrogens (tertiary/aromatic N) is 1. The molecule has 2 aliphatic rings. The fourth-order valence-electron chi connectivity index (χ4n) is 1.90. The third kappa shape index (κ3) is 1.48. The first-order valence-corrected chi connectivity index (χ1v) is 5.31. The highest BCUT2D eigenvalue weighted by molar-refractivity contribution is 5.28. The third-order valence-electron chi connectivity index (χ3n) is 3.00. The topological polar surface area (TPSA) is 12.9 Å². The lowest BCUT2D eigenvalue weighted by Crippen LogP contribution is -1.93. The maximum atomic E-state index is 4.76. The Hall–Kier alpha value is -0.850. The van der Waals surface area contributed by atoms with Gasteiger partial charge in [-0.05, 0) is 50.3 Å². The van der Waals surface area contributed by atoms with Gasteiger partial charge in [0.05, 0.1) is 0 Å². The van der Waals surface area contributed by atoms with E-state index < -0.39 is 0 Å². The van der Waals surface area contributed by atoms with E-state index in [1.54, 1.807) is 0 Å². The van der Waals surface area contributed by atoms with Gasteiger partial charge in [0.2, 0.25) is 0 Å². The SMILES string of the molecule is Cc1cc(C2CC2)nc(C2CC2)c1. The Morgan fingerprint density at radius 1 is 1.00 bits per heavy atom. The third-order valence-corrected chi connectivity index (χ3v) is 3.00. The van der Waals surface area contributed by atoms with Crippen LogP contribution in [-0.2, 0) is 0 Å². The standard InChI is InChI=1S/C12H15N/c1-8-6-11(9-2-3-9)13-12(7-8)10-4-5-10/h6-7,9-10H,2-5H2,1H3. The zero-order chi connectivity index (χ0) is 8.84. The highest BCUT2D eigenvalue weighted by Gasteiger charge is 2.29. The zero-order valence-electron chi connectivity index (χ0n) is 8.09. The highest BCUT2D eigenvalue weighted by Crippen LogP contribution is 2.43. The molecule has 0 N–H and O–H groups in total. The molecular formula is C12H15N. The van der Waals surface area contributed by atoms with Crippen LogP contribution in [0.3, 0.4) is 0 Å². The number of hydrogen-bond donors (Lipinski definition) is 0. The Morgan fingerprint density at radius 3 is 1.85 bits per heavy atom. The number of rotatable bonds is 2. The van der Waals surface area contributed by atoms with E-state index in [-0.39, 0.29) is 0 Å². The average Bonchev–Trinajstić information content (AvgIpc) is 2.98. The van der Waals surface area contributed by atoms with Crippen molar-refractivity contribution >= 4 is 0 Å². The van der Waals surface area contributed by atoms with E-state index in [0.717, 1.165) is 11.8 Å². The van der Waals surface area contributed by atoms with Crippen molar-refractivity contribution in [3.63, 3.8) is 0 Å². The Morgan fingerprint density at radius 2 is 1.46 bits per heavy atom. The molecule has 0 saturated heterocycles. The van der Waals surface area contributed by atoms with Gasteiger partial charge in [-0.25, -0.2) is 0 Å². The minimum Gasteiger partial charge on any atom is -0.257 e. The van der Waals surface area contributed by atoms with Crippen LogP contribution in [0, 0.1) is 6.92 Å². The maximum absolute atomic E-state index is 4.76. The molecule has 0 aliphatic heterocycles. The molecule has 1 aromatic heterocycles. The fourth-order valence-corrected chi connectivity index (χ4v) is 1.90. The second kappa shape index (κ2) is 2.57. The number of hydrogen-bond acceptors (Lipinski definition) is 1. The highest BCUT2D eigenvalue weighted by atomic mass is 14.8. The maximum Gasteiger partial charge on any atom is 0.0440 e. The Balaban J connectivity index is 1.99. The second-order valence-electron chi connectivity index (χ2n) is 4.54. The summed E-state index contributed by atoms with van der Waals surface area (Å²) in [5, 5.41) is 0. The van der Waals surface area contributed by atoms with Crippen molar-refractivity contribution in [1.29, 1.82) is 0 Å². The van der Waals surface area contributed by atoms with Crippen molar-refractivity contribution in [2.75, 3.05) is 0 Å². The molecule has 1 nitrogen and oxygen atoms in total. The summed E-state index contributed by atoms with van der Waals surface area (Å²) < 4.78 is 0. The second-order valence-corrected chi connectivity index (χ2v) is 4.54. The summed E-state index contributed by atoms with van der Waals surface area (Å²) in [6.45, 7) is 2.19. The van der Waals surface area contributed by atoms with Crippen LogP contribution in [-0.4, -0.2) is 4.98 Å². The molecule has 2 saturated carbocycles. The molecule has 3 rings (SSSR count). The molecule has 1 aromatic rings. The lowest BCUT2D eigenvalue weighted by molar-refractivity contribution is 0.932. The van der Waals surface area contributed by atoms with Crippen molar-refractivity contribution in [3.05, 3.63) is 29.1 Å². The molecule has 0 radical (unpaired) electrons. The number of aryl methyl sites for hydroxylation is 1. The summed E-state index contributed by atoms with van der Waals surface area (Å²) in [4.78, 5) is 4.76. The van der Waals surface area contributed by atoms with Gasteiger partial charge in [-0.3, -0.25) is 4.98 Å². The Kier molecular flexibility index (Phi) is 1.49. The Labute approximate surface area is 79.2 Å². The molecule has 2 aliphatic carbocycles. The molecular weight excluding hydrogens is 158 g/mol. The predicted octanol–water partition coefficient (Wildman–Crippen LogP) is 3.14. The fraction of sp³-hybridized carbons (Fsp3) is 0.583. The normalized spacial score (nSPS) is 21.9. The average molecular weight is 173 g/mol. The van der Waals surface area contributed by atoms with Crippen LogP contribution in [0.5, 0.6) is 0 Å². The van der Waals surface area contributed by atoms with Gasteiger partial charge in [-0.1, -0.05) is 0 Å². The van der Waals surface area contributed by atoms with Crippen molar-refractivity contribution in [2.45, 2.75) is 44.4 Å².